The second kappa shape index (κ2) is 11.7. The minimum absolute atomic E-state index is 0. The van der Waals surface area contributed by atoms with E-state index in [1.807, 2.05) is 7.05 Å². The number of piperidine rings is 1. The Hall–Kier alpha value is -0.900. The van der Waals surface area contributed by atoms with Gasteiger partial charge in [-0.2, -0.15) is 4.98 Å². The van der Waals surface area contributed by atoms with Crippen LogP contribution >= 0.6 is 24.0 Å². The summed E-state index contributed by atoms with van der Waals surface area (Å²) in [5.41, 5.74) is 0. The Morgan fingerprint density at radius 2 is 2.08 bits per heavy atom. The van der Waals surface area contributed by atoms with Crippen molar-refractivity contribution in [2.75, 3.05) is 33.2 Å². The maximum absolute atomic E-state index is 5.26. The predicted octanol–water partition coefficient (Wildman–Crippen LogP) is 2.39. The summed E-state index contributed by atoms with van der Waals surface area (Å²) in [5.74, 6) is 2.59. The van der Waals surface area contributed by atoms with Gasteiger partial charge in [0.25, 0.3) is 0 Å². The molecule has 1 aliphatic rings. The topological polar surface area (TPSA) is 78.6 Å². The van der Waals surface area contributed by atoms with E-state index < -0.39 is 0 Å². The standard InChI is InChI=1S/C17H32N6O.HI/c1-5-10-23-11-7-14(8-12-23)20-17(18-4)19-9-6-15-21-16(13(2)3)22-24-15;/h13-14H,5-12H2,1-4H3,(H2,18,19,20);1H. The highest BCUT2D eigenvalue weighted by atomic mass is 127. The molecule has 0 aromatic carbocycles. The monoisotopic (exact) mass is 464 g/mol. The van der Waals surface area contributed by atoms with Crippen LogP contribution in [0.1, 0.15) is 57.7 Å². The number of aromatic nitrogens is 2. The van der Waals surface area contributed by atoms with E-state index in [1.54, 1.807) is 0 Å². The Morgan fingerprint density at radius 1 is 1.36 bits per heavy atom. The van der Waals surface area contributed by atoms with Crippen molar-refractivity contribution in [3.63, 3.8) is 0 Å². The van der Waals surface area contributed by atoms with E-state index in [2.05, 4.69) is 51.4 Å². The maximum Gasteiger partial charge on any atom is 0.228 e. The molecule has 0 bridgehead atoms. The second-order valence-electron chi connectivity index (χ2n) is 6.71. The number of halogens is 1. The molecule has 2 N–H and O–H groups in total. The van der Waals surface area contributed by atoms with Gasteiger partial charge in [-0.15, -0.1) is 24.0 Å². The Balaban J connectivity index is 0.00000312. The van der Waals surface area contributed by atoms with Gasteiger partial charge in [0.1, 0.15) is 0 Å². The Kier molecular flexibility index (Phi) is 10.3. The average Bonchev–Trinajstić information content (AvgIpc) is 3.05. The van der Waals surface area contributed by atoms with Crippen molar-refractivity contribution in [2.45, 2.75) is 58.4 Å². The quantitative estimate of drug-likeness (QED) is 0.367. The fourth-order valence-electron chi connectivity index (χ4n) is 2.90. The van der Waals surface area contributed by atoms with Gasteiger partial charge in [-0.3, -0.25) is 4.99 Å². The number of guanidine groups is 1. The molecule has 2 heterocycles. The number of nitrogens with one attached hydrogen (secondary N) is 2. The third kappa shape index (κ3) is 7.47. The van der Waals surface area contributed by atoms with Gasteiger partial charge in [0.05, 0.1) is 0 Å². The van der Waals surface area contributed by atoms with Crippen molar-refractivity contribution < 1.29 is 4.52 Å². The largest absolute Gasteiger partial charge is 0.356 e. The number of nitrogens with zero attached hydrogens (tertiary/aromatic N) is 4. The average molecular weight is 464 g/mol. The molecule has 25 heavy (non-hydrogen) atoms. The van der Waals surface area contributed by atoms with Crippen LogP contribution in [-0.2, 0) is 6.42 Å². The van der Waals surface area contributed by atoms with E-state index in [0.29, 0.717) is 24.3 Å². The minimum Gasteiger partial charge on any atom is -0.356 e. The van der Waals surface area contributed by atoms with Crippen LogP contribution in [0.2, 0.25) is 0 Å². The van der Waals surface area contributed by atoms with E-state index in [1.165, 1.54) is 38.9 Å². The van der Waals surface area contributed by atoms with Crippen LogP contribution in [0.15, 0.2) is 9.52 Å². The van der Waals surface area contributed by atoms with Crippen LogP contribution in [0.4, 0.5) is 0 Å². The molecule has 0 amide bonds. The summed E-state index contributed by atoms with van der Waals surface area (Å²) in [6, 6.07) is 0.500. The fraction of sp³-hybridized carbons (Fsp3) is 0.824. The molecule has 144 valence electrons. The molecule has 2 rings (SSSR count). The molecule has 0 saturated carbocycles. The lowest BCUT2D eigenvalue weighted by Gasteiger charge is -2.32. The van der Waals surface area contributed by atoms with Crippen molar-refractivity contribution in [2.24, 2.45) is 4.99 Å². The van der Waals surface area contributed by atoms with Crippen LogP contribution < -0.4 is 10.6 Å². The lowest BCUT2D eigenvalue weighted by Crippen LogP contribution is -2.49. The molecule has 1 aliphatic heterocycles. The van der Waals surface area contributed by atoms with Gasteiger partial charge in [0.2, 0.25) is 5.89 Å². The zero-order valence-electron chi connectivity index (χ0n) is 15.9. The Labute approximate surface area is 168 Å². The molecule has 1 saturated heterocycles. The third-order valence-electron chi connectivity index (χ3n) is 4.32. The van der Waals surface area contributed by atoms with E-state index in [4.69, 9.17) is 4.52 Å². The summed E-state index contributed by atoms with van der Waals surface area (Å²) in [7, 11) is 1.81. The van der Waals surface area contributed by atoms with Gasteiger partial charge in [0.15, 0.2) is 11.8 Å². The lowest BCUT2D eigenvalue weighted by molar-refractivity contribution is 0.206. The van der Waals surface area contributed by atoms with Gasteiger partial charge in [0, 0.05) is 45.1 Å². The van der Waals surface area contributed by atoms with E-state index in [0.717, 1.165) is 18.3 Å². The normalized spacial score (nSPS) is 16.8. The highest BCUT2D eigenvalue weighted by Gasteiger charge is 2.19. The predicted molar refractivity (Wildman–Crippen MR) is 112 cm³/mol. The smallest absolute Gasteiger partial charge is 0.228 e. The first-order valence-electron chi connectivity index (χ1n) is 9.14. The first-order valence-corrected chi connectivity index (χ1v) is 9.14. The summed E-state index contributed by atoms with van der Waals surface area (Å²) in [4.78, 5) is 11.2. The van der Waals surface area contributed by atoms with Gasteiger partial charge < -0.3 is 20.1 Å². The number of likely N-dealkylation sites (tertiary alicyclic amines) is 1. The molecule has 0 aliphatic carbocycles. The first-order chi connectivity index (χ1) is 11.6. The summed E-state index contributed by atoms with van der Waals surface area (Å²) in [6.07, 6.45) is 4.27. The van der Waals surface area contributed by atoms with Crippen molar-refractivity contribution in [1.82, 2.24) is 25.7 Å². The van der Waals surface area contributed by atoms with Crippen LogP contribution in [-0.4, -0.2) is 60.3 Å². The van der Waals surface area contributed by atoms with Gasteiger partial charge >= 0.3 is 0 Å². The van der Waals surface area contributed by atoms with E-state index in [9.17, 15) is 0 Å². The molecule has 1 fully saturated rings. The second-order valence-corrected chi connectivity index (χ2v) is 6.71. The first kappa shape index (κ1) is 22.1. The molecule has 0 unspecified atom stereocenters. The number of rotatable bonds is 7. The van der Waals surface area contributed by atoms with E-state index >= 15 is 0 Å². The van der Waals surface area contributed by atoms with Crippen molar-refractivity contribution in [3.05, 3.63) is 11.7 Å². The van der Waals surface area contributed by atoms with E-state index in [-0.39, 0.29) is 24.0 Å². The molecular weight excluding hydrogens is 431 g/mol. The van der Waals surface area contributed by atoms with Gasteiger partial charge in [-0.1, -0.05) is 25.9 Å². The number of hydrogen-bond acceptors (Lipinski definition) is 5. The van der Waals surface area contributed by atoms with Crippen molar-refractivity contribution in [3.8, 4) is 0 Å². The lowest BCUT2D eigenvalue weighted by atomic mass is 10.1. The molecule has 1 aromatic rings. The van der Waals surface area contributed by atoms with Gasteiger partial charge in [-0.25, -0.2) is 0 Å². The number of aliphatic imine (C=N–C) groups is 1. The zero-order chi connectivity index (χ0) is 17.4. The van der Waals surface area contributed by atoms with Crippen LogP contribution in [0.5, 0.6) is 0 Å². The molecular formula is C17H33IN6O. The van der Waals surface area contributed by atoms with Crippen molar-refractivity contribution in [1.29, 1.82) is 0 Å². The Morgan fingerprint density at radius 3 is 2.64 bits per heavy atom. The van der Waals surface area contributed by atoms with Crippen molar-refractivity contribution >= 4 is 29.9 Å². The molecule has 0 atom stereocenters. The molecule has 8 heteroatoms. The van der Waals surface area contributed by atoms with Crippen LogP contribution in [0.3, 0.4) is 0 Å². The summed E-state index contributed by atoms with van der Waals surface area (Å²) < 4.78 is 5.26. The fourth-order valence-corrected chi connectivity index (χ4v) is 2.90. The molecule has 7 nitrogen and oxygen atoms in total. The molecule has 0 radical (unpaired) electrons. The highest BCUT2D eigenvalue weighted by Crippen LogP contribution is 2.11. The maximum atomic E-state index is 5.26. The highest BCUT2D eigenvalue weighted by molar-refractivity contribution is 14.0. The molecule has 0 spiro atoms. The number of hydrogen-bond donors (Lipinski definition) is 2. The van der Waals surface area contributed by atoms with Gasteiger partial charge in [-0.05, 0) is 25.8 Å². The van der Waals surface area contributed by atoms with Crippen LogP contribution in [0.25, 0.3) is 0 Å². The SMILES string of the molecule is CCCN1CCC(NC(=NC)NCCc2nc(C(C)C)no2)CC1.I. The zero-order valence-corrected chi connectivity index (χ0v) is 18.2. The molecule has 1 aromatic heterocycles. The Bertz CT molecular complexity index is 511. The third-order valence-corrected chi connectivity index (χ3v) is 4.32. The summed E-state index contributed by atoms with van der Waals surface area (Å²) in [5, 5.41) is 10.8. The van der Waals surface area contributed by atoms with Crippen LogP contribution in [0, 0.1) is 0 Å². The summed E-state index contributed by atoms with van der Waals surface area (Å²) >= 11 is 0. The minimum atomic E-state index is 0. The summed E-state index contributed by atoms with van der Waals surface area (Å²) in [6.45, 7) is 10.6.